The Morgan fingerprint density at radius 3 is 2.35 bits per heavy atom. The van der Waals surface area contributed by atoms with E-state index in [1.54, 1.807) is 19.1 Å². The van der Waals surface area contributed by atoms with E-state index in [1.165, 1.54) is 0 Å². The molecule has 0 aliphatic carbocycles. The summed E-state index contributed by atoms with van der Waals surface area (Å²) in [5.74, 6) is -0.626. The number of carbonyl (C=O) groups is 2. The highest BCUT2D eigenvalue weighted by Crippen LogP contribution is 2.20. The first-order chi connectivity index (χ1) is 9.23. The predicted octanol–water partition coefficient (Wildman–Crippen LogP) is 1.26. The van der Waals surface area contributed by atoms with Gasteiger partial charge in [-0.1, -0.05) is 28.1 Å². The summed E-state index contributed by atoms with van der Waals surface area (Å²) in [6.45, 7) is 5.25. The smallest absolute Gasteiger partial charge is 0.244 e. The fourth-order valence-corrected chi connectivity index (χ4v) is 1.91. The SMILES string of the molecule is CC(C)NC(=O)CNC(=O)C(C)(N)c1ccc(Br)cc1. The minimum atomic E-state index is -1.18. The summed E-state index contributed by atoms with van der Waals surface area (Å²) in [5, 5.41) is 5.25. The van der Waals surface area contributed by atoms with Gasteiger partial charge in [0.2, 0.25) is 11.8 Å². The second-order valence-electron chi connectivity index (χ2n) is 5.11. The van der Waals surface area contributed by atoms with Gasteiger partial charge in [-0.3, -0.25) is 9.59 Å². The van der Waals surface area contributed by atoms with E-state index >= 15 is 0 Å². The Morgan fingerprint density at radius 1 is 1.30 bits per heavy atom. The first-order valence-electron chi connectivity index (χ1n) is 6.36. The lowest BCUT2D eigenvalue weighted by Crippen LogP contribution is -2.51. The highest BCUT2D eigenvalue weighted by Gasteiger charge is 2.30. The molecule has 1 aromatic rings. The molecule has 0 bridgehead atoms. The summed E-state index contributed by atoms with van der Waals surface area (Å²) in [6, 6.07) is 7.23. The van der Waals surface area contributed by atoms with Gasteiger partial charge in [0.25, 0.3) is 0 Å². The van der Waals surface area contributed by atoms with Crippen LogP contribution in [0.4, 0.5) is 0 Å². The summed E-state index contributed by atoms with van der Waals surface area (Å²) in [6.07, 6.45) is 0. The zero-order valence-electron chi connectivity index (χ0n) is 11.9. The third-order valence-electron chi connectivity index (χ3n) is 2.77. The minimum Gasteiger partial charge on any atom is -0.352 e. The summed E-state index contributed by atoms with van der Waals surface area (Å²) in [7, 11) is 0. The fraction of sp³-hybridized carbons (Fsp3) is 0.429. The third-order valence-corrected chi connectivity index (χ3v) is 3.30. The van der Waals surface area contributed by atoms with Crippen molar-refractivity contribution in [3.63, 3.8) is 0 Å². The van der Waals surface area contributed by atoms with Crippen LogP contribution in [-0.4, -0.2) is 24.4 Å². The number of nitrogens with one attached hydrogen (secondary N) is 2. The van der Waals surface area contributed by atoms with Crippen molar-refractivity contribution < 1.29 is 9.59 Å². The molecule has 2 amide bonds. The van der Waals surface area contributed by atoms with Crippen LogP contribution in [0.5, 0.6) is 0 Å². The Hall–Kier alpha value is -1.40. The van der Waals surface area contributed by atoms with Crippen LogP contribution in [0.2, 0.25) is 0 Å². The molecule has 0 aromatic heterocycles. The van der Waals surface area contributed by atoms with E-state index in [9.17, 15) is 9.59 Å². The monoisotopic (exact) mass is 341 g/mol. The average molecular weight is 342 g/mol. The molecule has 110 valence electrons. The highest BCUT2D eigenvalue weighted by molar-refractivity contribution is 9.10. The Labute approximate surface area is 127 Å². The van der Waals surface area contributed by atoms with Gasteiger partial charge in [0.1, 0.15) is 5.54 Å². The van der Waals surface area contributed by atoms with Crippen LogP contribution >= 0.6 is 15.9 Å². The fourth-order valence-electron chi connectivity index (χ4n) is 1.64. The standard InChI is InChI=1S/C14H20BrN3O2/c1-9(2)18-12(19)8-17-13(20)14(3,16)10-4-6-11(15)7-5-10/h4-7,9H,8,16H2,1-3H3,(H,17,20)(H,18,19). The van der Waals surface area contributed by atoms with E-state index in [2.05, 4.69) is 26.6 Å². The lowest BCUT2D eigenvalue weighted by atomic mass is 9.92. The van der Waals surface area contributed by atoms with Crippen molar-refractivity contribution in [2.45, 2.75) is 32.4 Å². The minimum absolute atomic E-state index is 0.0372. The molecule has 20 heavy (non-hydrogen) atoms. The number of hydrogen-bond donors (Lipinski definition) is 3. The van der Waals surface area contributed by atoms with Crippen molar-refractivity contribution in [1.29, 1.82) is 0 Å². The molecular weight excluding hydrogens is 322 g/mol. The lowest BCUT2D eigenvalue weighted by molar-refractivity contribution is -0.129. The van der Waals surface area contributed by atoms with Gasteiger partial charge in [-0.05, 0) is 38.5 Å². The van der Waals surface area contributed by atoms with Crippen molar-refractivity contribution in [2.75, 3.05) is 6.54 Å². The molecule has 1 unspecified atom stereocenters. The van der Waals surface area contributed by atoms with Crippen LogP contribution in [0, 0.1) is 0 Å². The topological polar surface area (TPSA) is 84.2 Å². The molecular formula is C14H20BrN3O2. The molecule has 0 saturated carbocycles. The van der Waals surface area contributed by atoms with Crippen LogP contribution in [0.25, 0.3) is 0 Å². The zero-order valence-corrected chi connectivity index (χ0v) is 13.5. The first-order valence-corrected chi connectivity index (χ1v) is 7.15. The maximum Gasteiger partial charge on any atom is 0.244 e. The van der Waals surface area contributed by atoms with Gasteiger partial charge in [-0.25, -0.2) is 0 Å². The quantitative estimate of drug-likeness (QED) is 0.753. The second-order valence-corrected chi connectivity index (χ2v) is 6.03. The Morgan fingerprint density at radius 2 is 1.85 bits per heavy atom. The van der Waals surface area contributed by atoms with Crippen LogP contribution in [-0.2, 0) is 15.1 Å². The normalized spacial score (nSPS) is 13.7. The summed E-state index contributed by atoms with van der Waals surface area (Å²) in [4.78, 5) is 23.6. The third kappa shape index (κ3) is 4.61. The van der Waals surface area contributed by atoms with Crippen molar-refractivity contribution in [3.8, 4) is 0 Å². The Kier molecular flexibility index (Phi) is 5.71. The van der Waals surface area contributed by atoms with Crippen molar-refractivity contribution >= 4 is 27.7 Å². The number of hydrogen-bond acceptors (Lipinski definition) is 3. The number of halogens is 1. The largest absolute Gasteiger partial charge is 0.352 e. The lowest BCUT2D eigenvalue weighted by Gasteiger charge is -2.24. The molecule has 0 fully saturated rings. The molecule has 4 N–H and O–H groups in total. The van der Waals surface area contributed by atoms with E-state index in [1.807, 2.05) is 26.0 Å². The van der Waals surface area contributed by atoms with Gasteiger partial charge in [-0.15, -0.1) is 0 Å². The molecule has 1 rings (SSSR count). The zero-order chi connectivity index (χ0) is 15.3. The van der Waals surface area contributed by atoms with Crippen LogP contribution in [0.15, 0.2) is 28.7 Å². The van der Waals surface area contributed by atoms with E-state index in [-0.39, 0.29) is 18.5 Å². The maximum absolute atomic E-state index is 12.1. The average Bonchev–Trinajstić information content (AvgIpc) is 2.35. The van der Waals surface area contributed by atoms with Gasteiger partial charge in [0, 0.05) is 10.5 Å². The van der Waals surface area contributed by atoms with Gasteiger partial charge >= 0.3 is 0 Å². The number of carbonyl (C=O) groups excluding carboxylic acids is 2. The predicted molar refractivity (Wildman–Crippen MR) is 82.0 cm³/mol. The molecule has 5 nitrogen and oxygen atoms in total. The Balaban J connectivity index is 2.65. The van der Waals surface area contributed by atoms with Crippen LogP contribution < -0.4 is 16.4 Å². The molecule has 0 aliphatic heterocycles. The molecule has 6 heteroatoms. The molecule has 0 radical (unpaired) electrons. The summed E-state index contributed by atoms with van der Waals surface area (Å²) >= 11 is 3.33. The van der Waals surface area contributed by atoms with E-state index in [0.717, 1.165) is 4.47 Å². The van der Waals surface area contributed by atoms with Gasteiger partial charge < -0.3 is 16.4 Å². The molecule has 0 aliphatic rings. The molecule has 0 spiro atoms. The number of amides is 2. The van der Waals surface area contributed by atoms with Gasteiger partial charge in [0.15, 0.2) is 0 Å². The molecule has 0 heterocycles. The molecule has 0 saturated heterocycles. The van der Waals surface area contributed by atoms with Gasteiger partial charge in [0.05, 0.1) is 6.54 Å². The summed E-state index contributed by atoms with van der Waals surface area (Å²) in [5.41, 5.74) is 5.56. The number of nitrogens with two attached hydrogens (primary N) is 1. The Bertz CT molecular complexity index is 484. The maximum atomic E-state index is 12.1. The molecule has 1 atom stereocenters. The van der Waals surface area contributed by atoms with Crippen LogP contribution in [0.1, 0.15) is 26.3 Å². The van der Waals surface area contributed by atoms with E-state index in [4.69, 9.17) is 5.73 Å². The van der Waals surface area contributed by atoms with Crippen LogP contribution in [0.3, 0.4) is 0 Å². The summed E-state index contributed by atoms with van der Waals surface area (Å²) < 4.78 is 0.911. The van der Waals surface area contributed by atoms with Crippen molar-refractivity contribution in [3.05, 3.63) is 34.3 Å². The van der Waals surface area contributed by atoms with Crippen molar-refractivity contribution in [2.24, 2.45) is 5.73 Å². The first kappa shape index (κ1) is 16.7. The highest BCUT2D eigenvalue weighted by atomic mass is 79.9. The number of benzene rings is 1. The van der Waals surface area contributed by atoms with E-state index < -0.39 is 11.4 Å². The number of rotatable bonds is 5. The van der Waals surface area contributed by atoms with Crippen molar-refractivity contribution in [1.82, 2.24) is 10.6 Å². The van der Waals surface area contributed by atoms with Gasteiger partial charge in [-0.2, -0.15) is 0 Å². The molecule has 1 aromatic carbocycles. The second kappa shape index (κ2) is 6.85. The van der Waals surface area contributed by atoms with E-state index in [0.29, 0.717) is 5.56 Å².